The summed E-state index contributed by atoms with van der Waals surface area (Å²) in [6.45, 7) is 0.732. The molecule has 5 heteroatoms. The zero-order valence-corrected chi connectivity index (χ0v) is 8.70. The lowest BCUT2D eigenvalue weighted by atomic mass is 10.1. The van der Waals surface area contributed by atoms with Gasteiger partial charge >= 0.3 is 0 Å². The van der Waals surface area contributed by atoms with Crippen molar-refractivity contribution in [3.8, 4) is 0 Å². The summed E-state index contributed by atoms with van der Waals surface area (Å²) < 4.78 is 12.6. The van der Waals surface area contributed by atoms with Gasteiger partial charge in [0, 0.05) is 6.54 Å². The van der Waals surface area contributed by atoms with Crippen LogP contribution in [0.2, 0.25) is 0 Å². The molecule has 16 heavy (non-hydrogen) atoms. The van der Waals surface area contributed by atoms with Crippen molar-refractivity contribution in [1.29, 1.82) is 0 Å². The van der Waals surface area contributed by atoms with Crippen LogP contribution in [-0.2, 0) is 6.42 Å². The standard InChI is InChI=1S/C11H13FN4/c12-9-3-1-8(2-4-9)5-6-14-10-7-15-16-11(10)13/h1-4,7,14H,5-6H2,(H3,13,15,16). The van der Waals surface area contributed by atoms with Crippen LogP contribution in [0.5, 0.6) is 0 Å². The number of nitrogen functional groups attached to an aromatic ring is 1. The first kappa shape index (κ1) is 10.5. The highest BCUT2D eigenvalue weighted by Crippen LogP contribution is 2.12. The molecule has 0 aliphatic rings. The number of anilines is 2. The van der Waals surface area contributed by atoms with Crippen LogP contribution in [-0.4, -0.2) is 16.7 Å². The normalized spacial score (nSPS) is 10.3. The third kappa shape index (κ3) is 2.50. The van der Waals surface area contributed by atoms with Gasteiger partial charge in [-0.05, 0) is 24.1 Å². The number of benzene rings is 1. The Balaban J connectivity index is 1.84. The molecular formula is C11H13FN4. The smallest absolute Gasteiger partial charge is 0.142 e. The van der Waals surface area contributed by atoms with Crippen LogP contribution < -0.4 is 11.1 Å². The number of nitrogens with zero attached hydrogens (tertiary/aromatic N) is 1. The summed E-state index contributed by atoms with van der Waals surface area (Å²) in [5, 5.41) is 9.58. The number of halogens is 1. The van der Waals surface area contributed by atoms with Crippen LogP contribution in [0, 0.1) is 5.82 Å². The third-order valence-electron chi connectivity index (χ3n) is 2.31. The van der Waals surface area contributed by atoms with Gasteiger partial charge in [-0.2, -0.15) is 5.10 Å². The summed E-state index contributed by atoms with van der Waals surface area (Å²) in [4.78, 5) is 0. The molecule has 0 atom stereocenters. The molecule has 1 heterocycles. The molecule has 4 nitrogen and oxygen atoms in total. The molecule has 2 aromatic rings. The molecule has 0 bridgehead atoms. The summed E-state index contributed by atoms with van der Waals surface area (Å²) in [6.07, 6.45) is 2.45. The molecule has 0 saturated carbocycles. The van der Waals surface area contributed by atoms with E-state index in [1.807, 2.05) is 0 Å². The Labute approximate surface area is 92.7 Å². The molecule has 0 aliphatic carbocycles. The van der Waals surface area contributed by atoms with Gasteiger partial charge in [-0.1, -0.05) is 12.1 Å². The van der Waals surface area contributed by atoms with E-state index in [0.717, 1.165) is 24.2 Å². The lowest BCUT2D eigenvalue weighted by molar-refractivity contribution is 0.627. The average Bonchev–Trinajstić information content (AvgIpc) is 2.68. The number of nitrogens with one attached hydrogen (secondary N) is 2. The van der Waals surface area contributed by atoms with Crippen LogP contribution in [0.1, 0.15) is 5.56 Å². The summed E-state index contributed by atoms with van der Waals surface area (Å²) in [5.74, 6) is 0.315. The van der Waals surface area contributed by atoms with E-state index in [2.05, 4.69) is 15.5 Å². The fourth-order valence-corrected chi connectivity index (χ4v) is 1.43. The van der Waals surface area contributed by atoms with Crippen LogP contribution in [0.25, 0.3) is 0 Å². The first-order valence-electron chi connectivity index (χ1n) is 5.03. The lowest BCUT2D eigenvalue weighted by Crippen LogP contribution is -2.05. The summed E-state index contributed by atoms with van der Waals surface area (Å²) in [7, 11) is 0. The maximum Gasteiger partial charge on any atom is 0.142 e. The molecule has 84 valence electrons. The lowest BCUT2D eigenvalue weighted by Gasteiger charge is -2.04. The first-order chi connectivity index (χ1) is 7.75. The second-order valence-corrected chi connectivity index (χ2v) is 3.50. The second-order valence-electron chi connectivity index (χ2n) is 3.50. The van der Waals surface area contributed by atoms with Crippen molar-refractivity contribution in [2.45, 2.75) is 6.42 Å². The Bertz CT molecular complexity index is 449. The Hall–Kier alpha value is -2.04. The molecule has 0 unspecified atom stereocenters. The molecule has 1 aromatic carbocycles. The fraction of sp³-hybridized carbons (Fsp3) is 0.182. The minimum Gasteiger partial charge on any atom is -0.382 e. The first-order valence-corrected chi connectivity index (χ1v) is 5.03. The number of nitrogens with two attached hydrogens (primary N) is 1. The highest BCUT2D eigenvalue weighted by molar-refractivity contribution is 5.59. The van der Waals surface area contributed by atoms with Gasteiger partial charge in [0.15, 0.2) is 0 Å². The van der Waals surface area contributed by atoms with E-state index in [-0.39, 0.29) is 5.82 Å². The molecule has 0 fully saturated rings. The van der Waals surface area contributed by atoms with Crippen molar-refractivity contribution in [3.05, 3.63) is 41.8 Å². The van der Waals surface area contributed by atoms with Gasteiger partial charge in [0.25, 0.3) is 0 Å². The quantitative estimate of drug-likeness (QED) is 0.735. The highest BCUT2D eigenvalue weighted by Gasteiger charge is 1.99. The molecule has 1 aromatic heterocycles. The molecule has 0 spiro atoms. The number of hydrogen-bond donors (Lipinski definition) is 3. The minimum atomic E-state index is -0.212. The minimum absolute atomic E-state index is 0.212. The molecule has 0 saturated heterocycles. The number of aromatic amines is 1. The average molecular weight is 220 g/mol. The van der Waals surface area contributed by atoms with Crippen molar-refractivity contribution >= 4 is 11.5 Å². The van der Waals surface area contributed by atoms with Gasteiger partial charge in [-0.15, -0.1) is 0 Å². The largest absolute Gasteiger partial charge is 0.382 e. The SMILES string of the molecule is Nc1[nH]ncc1NCCc1ccc(F)cc1. The summed E-state index contributed by atoms with van der Waals surface area (Å²) in [6, 6.07) is 6.47. The maximum atomic E-state index is 12.6. The predicted octanol–water partition coefficient (Wildman–Crippen LogP) is 1.79. The zero-order chi connectivity index (χ0) is 11.4. The van der Waals surface area contributed by atoms with Gasteiger partial charge in [0.1, 0.15) is 11.6 Å². The predicted molar refractivity (Wildman–Crippen MR) is 61.6 cm³/mol. The number of rotatable bonds is 4. The molecule has 0 aliphatic heterocycles. The van der Waals surface area contributed by atoms with Gasteiger partial charge in [0.05, 0.1) is 11.9 Å². The molecule has 4 N–H and O–H groups in total. The van der Waals surface area contributed by atoms with Crippen LogP contribution in [0.15, 0.2) is 30.5 Å². The van der Waals surface area contributed by atoms with Crippen molar-refractivity contribution in [2.75, 3.05) is 17.6 Å². The van der Waals surface area contributed by atoms with Gasteiger partial charge in [-0.3, -0.25) is 5.10 Å². The van der Waals surface area contributed by atoms with E-state index < -0.39 is 0 Å². The highest BCUT2D eigenvalue weighted by atomic mass is 19.1. The van der Waals surface area contributed by atoms with E-state index in [0.29, 0.717) is 5.82 Å². The summed E-state index contributed by atoms with van der Waals surface area (Å²) in [5.41, 5.74) is 7.48. The van der Waals surface area contributed by atoms with E-state index in [1.54, 1.807) is 18.3 Å². The molecule has 0 amide bonds. The van der Waals surface area contributed by atoms with Crippen molar-refractivity contribution in [2.24, 2.45) is 0 Å². The Morgan fingerprint density at radius 1 is 1.31 bits per heavy atom. The Morgan fingerprint density at radius 2 is 2.06 bits per heavy atom. The van der Waals surface area contributed by atoms with Crippen molar-refractivity contribution < 1.29 is 4.39 Å². The second kappa shape index (κ2) is 4.65. The van der Waals surface area contributed by atoms with E-state index in [4.69, 9.17) is 5.73 Å². The van der Waals surface area contributed by atoms with Gasteiger partial charge < -0.3 is 11.1 Å². The molecular weight excluding hydrogens is 207 g/mol. The number of H-pyrrole nitrogens is 1. The monoisotopic (exact) mass is 220 g/mol. The van der Waals surface area contributed by atoms with Crippen molar-refractivity contribution in [3.63, 3.8) is 0 Å². The Morgan fingerprint density at radius 3 is 2.69 bits per heavy atom. The molecule has 2 rings (SSSR count). The summed E-state index contributed by atoms with van der Waals surface area (Å²) >= 11 is 0. The number of hydrogen-bond acceptors (Lipinski definition) is 3. The van der Waals surface area contributed by atoms with E-state index >= 15 is 0 Å². The van der Waals surface area contributed by atoms with Gasteiger partial charge in [-0.25, -0.2) is 4.39 Å². The van der Waals surface area contributed by atoms with Crippen LogP contribution in [0.4, 0.5) is 15.9 Å². The van der Waals surface area contributed by atoms with Crippen LogP contribution >= 0.6 is 0 Å². The Kier molecular flexibility index (Phi) is 3.05. The maximum absolute atomic E-state index is 12.6. The van der Waals surface area contributed by atoms with Crippen LogP contribution in [0.3, 0.4) is 0 Å². The van der Waals surface area contributed by atoms with Crippen molar-refractivity contribution in [1.82, 2.24) is 10.2 Å². The third-order valence-corrected chi connectivity index (χ3v) is 2.31. The van der Waals surface area contributed by atoms with E-state index in [9.17, 15) is 4.39 Å². The van der Waals surface area contributed by atoms with Gasteiger partial charge in [0.2, 0.25) is 0 Å². The topological polar surface area (TPSA) is 66.7 Å². The van der Waals surface area contributed by atoms with E-state index in [1.165, 1.54) is 12.1 Å². The number of aromatic nitrogens is 2. The zero-order valence-electron chi connectivity index (χ0n) is 8.70. The fourth-order valence-electron chi connectivity index (χ4n) is 1.43. The molecule has 0 radical (unpaired) electrons.